The SMILES string of the molecule is CC(C)OCCCNC(=O)[C@@H](C)Oc1ccccc1. The molecule has 4 heteroatoms. The fourth-order valence-corrected chi connectivity index (χ4v) is 1.50. The van der Waals surface area contributed by atoms with Crippen LogP contribution in [0.2, 0.25) is 0 Å². The van der Waals surface area contributed by atoms with Crippen LogP contribution in [0, 0.1) is 0 Å². The Kier molecular flexibility index (Phi) is 6.97. The molecule has 0 aromatic heterocycles. The highest BCUT2D eigenvalue weighted by Crippen LogP contribution is 2.10. The minimum atomic E-state index is -0.492. The van der Waals surface area contributed by atoms with E-state index in [1.807, 2.05) is 44.2 Å². The molecule has 19 heavy (non-hydrogen) atoms. The van der Waals surface area contributed by atoms with Gasteiger partial charge in [-0.05, 0) is 39.3 Å². The van der Waals surface area contributed by atoms with E-state index in [0.29, 0.717) is 18.9 Å². The Hall–Kier alpha value is -1.55. The average molecular weight is 265 g/mol. The molecule has 1 amide bonds. The van der Waals surface area contributed by atoms with Crippen molar-refractivity contribution in [2.75, 3.05) is 13.2 Å². The Labute approximate surface area is 115 Å². The minimum absolute atomic E-state index is 0.103. The molecule has 0 saturated heterocycles. The van der Waals surface area contributed by atoms with Gasteiger partial charge in [0.05, 0.1) is 6.10 Å². The summed E-state index contributed by atoms with van der Waals surface area (Å²) in [6, 6.07) is 9.33. The lowest BCUT2D eigenvalue weighted by molar-refractivity contribution is -0.127. The third-order valence-electron chi connectivity index (χ3n) is 2.50. The van der Waals surface area contributed by atoms with Crippen LogP contribution in [-0.2, 0) is 9.53 Å². The van der Waals surface area contributed by atoms with Crippen molar-refractivity contribution >= 4 is 5.91 Å². The average Bonchev–Trinajstić information content (AvgIpc) is 2.38. The number of ether oxygens (including phenoxy) is 2. The van der Waals surface area contributed by atoms with E-state index < -0.39 is 6.10 Å². The van der Waals surface area contributed by atoms with Crippen molar-refractivity contribution in [2.24, 2.45) is 0 Å². The van der Waals surface area contributed by atoms with Gasteiger partial charge in [-0.15, -0.1) is 0 Å². The minimum Gasteiger partial charge on any atom is -0.481 e. The van der Waals surface area contributed by atoms with Gasteiger partial charge in [0, 0.05) is 13.2 Å². The molecule has 1 N–H and O–H groups in total. The van der Waals surface area contributed by atoms with Crippen molar-refractivity contribution in [3.05, 3.63) is 30.3 Å². The third kappa shape index (κ3) is 6.82. The number of benzene rings is 1. The van der Waals surface area contributed by atoms with Crippen molar-refractivity contribution in [2.45, 2.75) is 39.4 Å². The van der Waals surface area contributed by atoms with Crippen LogP contribution in [0.5, 0.6) is 5.75 Å². The summed E-state index contributed by atoms with van der Waals surface area (Å²) >= 11 is 0. The second-order valence-electron chi connectivity index (χ2n) is 4.64. The first kappa shape index (κ1) is 15.5. The maximum atomic E-state index is 11.8. The summed E-state index contributed by atoms with van der Waals surface area (Å²) in [4.78, 5) is 11.8. The molecular weight excluding hydrogens is 242 g/mol. The van der Waals surface area contributed by atoms with E-state index in [-0.39, 0.29) is 12.0 Å². The topological polar surface area (TPSA) is 47.6 Å². The standard InChI is InChI=1S/C15H23NO3/c1-12(2)18-11-7-10-16-15(17)13(3)19-14-8-5-4-6-9-14/h4-6,8-9,12-13H,7,10-11H2,1-3H3,(H,16,17)/t13-/m1/s1. The van der Waals surface area contributed by atoms with Crippen LogP contribution in [0.3, 0.4) is 0 Å². The molecule has 0 aliphatic heterocycles. The number of carbonyl (C=O) groups is 1. The molecule has 106 valence electrons. The van der Waals surface area contributed by atoms with Gasteiger partial charge < -0.3 is 14.8 Å². The van der Waals surface area contributed by atoms with Gasteiger partial charge in [-0.1, -0.05) is 18.2 Å². The molecule has 0 radical (unpaired) electrons. The molecule has 1 aromatic rings. The molecule has 0 heterocycles. The fourth-order valence-electron chi connectivity index (χ4n) is 1.50. The molecular formula is C15H23NO3. The molecule has 0 aliphatic rings. The van der Waals surface area contributed by atoms with Crippen molar-refractivity contribution in [1.82, 2.24) is 5.32 Å². The van der Waals surface area contributed by atoms with Crippen LogP contribution >= 0.6 is 0 Å². The lowest BCUT2D eigenvalue weighted by Gasteiger charge is -2.14. The third-order valence-corrected chi connectivity index (χ3v) is 2.50. The zero-order chi connectivity index (χ0) is 14.1. The van der Waals surface area contributed by atoms with Crippen molar-refractivity contribution in [3.63, 3.8) is 0 Å². The van der Waals surface area contributed by atoms with Gasteiger partial charge in [-0.25, -0.2) is 0 Å². The summed E-state index contributed by atoms with van der Waals surface area (Å²) in [6.07, 6.45) is 0.548. The molecule has 1 aromatic carbocycles. The van der Waals surface area contributed by atoms with Crippen molar-refractivity contribution < 1.29 is 14.3 Å². The number of nitrogens with one attached hydrogen (secondary N) is 1. The Bertz CT molecular complexity index is 365. The first-order chi connectivity index (χ1) is 9.09. The largest absolute Gasteiger partial charge is 0.481 e. The van der Waals surface area contributed by atoms with Gasteiger partial charge in [0.2, 0.25) is 0 Å². The molecule has 1 rings (SSSR count). The lowest BCUT2D eigenvalue weighted by atomic mass is 10.3. The van der Waals surface area contributed by atoms with Crippen LogP contribution in [-0.4, -0.2) is 31.3 Å². The molecule has 4 nitrogen and oxygen atoms in total. The predicted molar refractivity (Wildman–Crippen MR) is 75.2 cm³/mol. The maximum Gasteiger partial charge on any atom is 0.260 e. The molecule has 1 atom stereocenters. The van der Waals surface area contributed by atoms with Gasteiger partial charge in [-0.2, -0.15) is 0 Å². The van der Waals surface area contributed by atoms with Gasteiger partial charge >= 0.3 is 0 Å². The Morgan fingerprint density at radius 2 is 1.89 bits per heavy atom. The van der Waals surface area contributed by atoms with Crippen molar-refractivity contribution in [1.29, 1.82) is 0 Å². The van der Waals surface area contributed by atoms with Gasteiger partial charge in [0.25, 0.3) is 5.91 Å². The van der Waals surface area contributed by atoms with Gasteiger partial charge in [0.15, 0.2) is 6.10 Å². The smallest absolute Gasteiger partial charge is 0.260 e. The van der Waals surface area contributed by atoms with E-state index in [1.165, 1.54) is 0 Å². The number of para-hydroxylation sites is 1. The summed E-state index contributed by atoms with van der Waals surface area (Å²) in [5.41, 5.74) is 0. The number of hydrogen-bond donors (Lipinski definition) is 1. The highest BCUT2D eigenvalue weighted by Gasteiger charge is 2.13. The number of hydrogen-bond acceptors (Lipinski definition) is 3. The number of rotatable bonds is 8. The molecule has 0 saturated carbocycles. The second-order valence-corrected chi connectivity index (χ2v) is 4.64. The quantitative estimate of drug-likeness (QED) is 0.734. The molecule has 0 aliphatic carbocycles. The van der Waals surface area contributed by atoms with Crippen LogP contribution in [0.1, 0.15) is 27.2 Å². The monoisotopic (exact) mass is 265 g/mol. The molecule has 0 unspecified atom stereocenters. The van der Waals surface area contributed by atoms with Crippen LogP contribution < -0.4 is 10.1 Å². The Morgan fingerprint density at radius 3 is 2.53 bits per heavy atom. The number of carbonyl (C=O) groups excluding carboxylic acids is 1. The van der Waals surface area contributed by atoms with E-state index >= 15 is 0 Å². The summed E-state index contributed by atoms with van der Waals surface area (Å²) < 4.78 is 10.9. The number of amides is 1. The molecule has 0 bridgehead atoms. The zero-order valence-electron chi connectivity index (χ0n) is 11.9. The van der Waals surface area contributed by atoms with Crippen molar-refractivity contribution in [3.8, 4) is 5.75 Å². The van der Waals surface area contributed by atoms with E-state index in [0.717, 1.165) is 6.42 Å². The normalized spacial score (nSPS) is 12.2. The van der Waals surface area contributed by atoms with E-state index in [1.54, 1.807) is 6.92 Å². The zero-order valence-corrected chi connectivity index (χ0v) is 11.9. The van der Waals surface area contributed by atoms with E-state index in [4.69, 9.17) is 9.47 Å². The second kappa shape index (κ2) is 8.53. The van der Waals surface area contributed by atoms with Crippen LogP contribution in [0.25, 0.3) is 0 Å². The van der Waals surface area contributed by atoms with Crippen LogP contribution in [0.15, 0.2) is 30.3 Å². The highest BCUT2D eigenvalue weighted by atomic mass is 16.5. The van der Waals surface area contributed by atoms with Crippen LogP contribution in [0.4, 0.5) is 0 Å². The highest BCUT2D eigenvalue weighted by molar-refractivity contribution is 5.80. The Balaban J connectivity index is 2.18. The fraction of sp³-hybridized carbons (Fsp3) is 0.533. The summed E-state index contributed by atoms with van der Waals surface area (Å²) in [7, 11) is 0. The molecule has 0 spiro atoms. The summed E-state index contributed by atoms with van der Waals surface area (Å²) in [5, 5.41) is 2.83. The lowest BCUT2D eigenvalue weighted by Crippen LogP contribution is -2.37. The predicted octanol–water partition coefficient (Wildman–Crippen LogP) is 2.39. The van der Waals surface area contributed by atoms with E-state index in [9.17, 15) is 4.79 Å². The van der Waals surface area contributed by atoms with Gasteiger partial charge in [0.1, 0.15) is 5.75 Å². The Morgan fingerprint density at radius 1 is 1.21 bits per heavy atom. The van der Waals surface area contributed by atoms with Gasteiger partial charge in [-0.3, -0.25) is 4.79 Å². The van der Waals surface area contributed by atoms with E-state index in [2.05, 4.69) is 5.32 Å². The first-order valence-electron chi connectivity index (χ1n) is 6.70. The molecule has 0 fully saturated rings. The summed E-state index contributed by atoms with van der Waals surface area (Å²) in [5.74, 6) is 0.599. The maximum absolute atomic E-state index is 11.8. The first-order valence-corrected chi connectivity index (χ1v) is 6.70. The summed E-state index contributed by atoms with van der Waals surface area (Å²) in [6.45, 7) is 7.00.